The van der Waals surface area contributed by atoms with Crippen molar-refractivity contribution in [2.24, 2.45) is 22.9 Å². The topological polar surface area (TPSA) is 152 Å². The third-order valence-corrected chi connectivity index (χ3v) is 13.7. The van der Waals surface area contributed by atoms with Gasteiger partial charge < -0.3 is 43.6 Å². The summed E-state index contributed by atoms with van der Waals surface area (Å²) in [6.07, 6.45) is 8.71. The number of unbranched alkanes of at least 4 members (excludes halogenated alkanes) is 2. The maximum atomic E-state index is 15.4. The van der Waals surface area contributed by atoms with Gasteiger partial charge in [0, 0.05) is 43.2 Å². The molecule has 5 aromatic carbocycles. The van der Waals surface area contributed by atoms with Gasteiger partial charge in [-0.3, -0.25) is 4.79 Å². The first-order valence-corrected chi connectivity index (χ1v) is 23.5. The number of amides is 1. The van der Waals surface area contributed by atoms with E-state index in [9.17, 15) is 15.5 Å². The fourth-order valence-corrected chi connectivity index (χ4v) is 10.7. The minimum Gasteiger partial charge on any atom is -0.459 e. The average Bonchev–Trinajstić information content (AvgIpc) is 3.85. The number of aliphatic hydroxyl groups excluding tert-OH is 2. The minimum absolute atomic E-state index is 0.0165. The number of rotatable bonds is 19. The maximum Gasteiger partial charge on any atom is 0.254 e. The highest BCUT2D eigenvalue weighted by atomic mass is 16.7. The first kappa shape index (κ1) is 46.2. The molecule has 4 aliphatic rings. The molecule has 2 aliphatic heterocycles. The van der Waals surface area contributed by atoms with Gasteiger partial charge in [-0.15, -0.1) is 6.58 Å². The molecule has 1 fully saturated rings. The minimum atomic E-state index is -1.50. The number of aliphatic hydroxyl groups is 2. The Balaban J connectivity index is 1.21. The molecular formula is C56H57N3O9. The van der Waals surface area contributed by atoms with E-state index in [2.05, 4.69) is 49.1 Å². The van der Waals surface area contributed by atoms with Crippen molar-refractivity contribution in [1.29, 1.82) is 5.26 Å². The number of hydrogen-bond acceptors (Lipinski definition) is 11. The fraction of sp³-hybridized carbons (Fsp3) is 0.339. The lowest BCUT2D eigenvalue weighted by molar-refractivity contribution is -0.255. The molecule has 12 heteroatoms. The molecule has 5 aromatic rings. The number of carbonyl (C=O) groups excluding carboxylic acids is 1. The zero-order chi connectivity index (χ0) is 47.0. The normalized spacial score (nSPS) is 22.5. The van der Waals surface area contributed by atoms with E-state index >= 15 is 4.79 Å². The van der Waals surface area contributed by atoms with Crippen LogP contribution in [0.5, 0.6) is 28.7 Å². The van der Waals surface area contributed by atoms with Gasteiger partial charge in [0.1, 0.15) is 30.4 Å². The number of fused-ring (bicyclic) bond motifs is 3. The largest absolute Gasteiger partial charge is 0.459 e. The van der Waals surface area contributed by atoms with Gasteiger partial charge in [-0.25, -0.2) is 0 Å². The van der Waals surface area contributed by atoms with E-state index in [0.717, 1.165) is 53.5 Å². The Bertz CT molecular complexity index is 2680. The number of nitrogens with zero attached hydrogens (tertiary/aromatic N) is 3. The van der Waals surface area contributed by atoms with Crippen molar-refractivity contribution in [1.82, 2.24) is 4.90 Å². The van der Waals surface area contributed by atoms with E-state index in [1.54, 1.807) is 35.2 Å². The predicted molar refractivity (Wildman–Crippen MR) is 258 cm³/mol. The van der Waals surface area contributed by atoms with E-state index in [-0.39, 0.29) is 63.2 Å². The lowest BCUT2D eigenvalue weighted by Gasteiger charge is -2.60. The number of ether oxygens (including phenoxy) is 5. The van der Waals surface area contributed by atoms with E-state index in [1.807, 2.05) is 60.7 Å². The van der Waals surface area contributed by atoms with Gasteiger partial charge in [0.05, 0.1) is 29.9 Å². The Kier molecular flexibility index (Phi) is 14.2. The number of oxime groups is 1. The maximum absolute atomic E-state index is 15.4. The Labute approximate surface area is 397 Å². The molecule has 68 heavy (non-hydrogen) atoms. The highest BCUT2D eigenvalue weighted by molar-refractivity contribution is 6.03. The monoisotopic (exact) mass is 915 g/mol. The summed E-state index contributed by atoms with van der Waals surface area (Å²) in [4.78, 5) is 22.9. The highest BCUT2D eigenvalue weighted by Gasteiger charge is 2.65. The second kappa shape index (κ2) is 20.9. The van der Waals surface area contributed by atoms with Gasteiger partial charge >= 0.3 is 0 Å². The Morgan fingerprint density at radius 3 is 2.32 bits per heavy atom. The van der Waals surface area contributed by atoms with Crippen molar-refractivity contribution in [3.8, 4) is 45.9 Å². The van der Waals surface area contributed by atoms with Gasteiger partial charge in [0.2, 0.25) is 12.6 Å². The summed E-state index contributed by atoms with van der Waals surface area (Å²) in [7, 11) is 1.53. The van der Waals surface area contributed by atoms with Crippen LogP contribution in [0.1, 0.15) is 77.9 Å². The average molecular weight is 916 g/mol. The number of benzene rings is 5. The van der Waals surface area contributed by atoms with Crippen molar-refractivity contribution in [3.63, 3.8) is 0 Å². The molecule has 12 nitrogen and oxygen atoms in total. The molecule has 2 heterocycles. The lowest BCUT2D eigenvalue weighted by atomic mass is 9.55. The van der Waals surface area contributed by atoms with E-state index in [1.165, 1.54) is 7.11 Å². The molecule has 1 saturated carbocycles. The molecule has 0 aromatic heterocycles. The van der Waals surface area contributed by atoms with Crippen LogP contribution in [-0.2, 0) is 16.1 Å². The molecule has 2 N–H and O–H groups in total. The summed E-state index contributed by atoms with van der Waals surface area (Å²) in [5, 5.41) is 34.4. The van der Waals surface area contributed by atoms with Crippen molar-refractivity contribution in [3.05, 3.63) is 162 Å². The fourth-order valence-electron chi connectivity index (χ4n) is 10.7. The summed E-state index contributed by atoms with van der Waals surface area (Å²) >= 11 is 0. The zero-order valence-electron chi connectivity index (χ0n) is 38.3. The second-order valence-corrected chi connectivity index (χ2v) is 17.8. The van der Waals surface area contributed by atoms with Crippen LogP contribution in [0.4, 0.5) is 0 Å². The summed E-state index contributed by atoms with van der Waals surface area (Å²) < 4.78 is 32.8. The number of allylic oxidation sites excluding steroid dienone is 1. The number of hydrogen-bond donors (Lipinski definition) is 2. The van der Waals surface area contributed by atoms with Crippen LogP contribution in [0.3, 0.4) is 0 Å². The Hall–Kier alpha value is -6.91. The van der Waals surface area contributed by atoms with Crippen LogP contribution >= 0.6 is 0 Å². The van der Waals surface area contributed by atoms with Crippen LogP contribution in [0, 0.1) is 29.1 Å². The quantitative estimate of drug-likeness (QED) is 0.0465. The molecule has 0 bridgehead atoms. The molecule has 6 atom stereocenters. The first-order valence-electron chi connectivity index (χ1n) is 23.5. The summed E-state index contributed by atoms with van der Waals surface area (Å²) in [5.74, 6) is 0.631. The third kappa shape index (κ3) is 9.34. The van der Waals surface area contributed by atoms with Gasteiger partial charge in [-0.1, -0.05) is 78.7 Å². The van der Waals surface area contributed by atoms with E-state index in [0.29, 0.717) is 58.4 Å². The third-order valence-electron chi connectivity index (χ3n) is 13.7. The summed E-state index contributed by atoms with van der Waals surface area (Å²) in [5.41, 5.74) is 6.35. The van der Waals surface area contributed by atoms with Gasteiger partial charge in [0.15, 0.2) is 11.5 Å². The van der Waals surface area contributed by atoms with Crippen molar-refractivity contribution < 1.29 is 43.5 Å². The van der Waals surface area contributed by atoms with Gasteiger partial charge in [-0.05, 0) is 127 Å². The van der Waals surface area contributed by atoms with Crippen molar-refractivity contribution in [2.45, 2.75) is 69.2 Å². The molecule has 0 radical (unpaired) electrons. The van der Waals surface area contributed by atoms with Crippen LogP contribution in [-0.4, -0.2) is 72.3 Å². The predicted octanol–water partition coefficient (Wildman–Crippen LogP) is 10.4. The van der Waals surface area contributed by atoms with Gasteiger partial charge in [-0.2, -0.15) is 5.26 Å². The van der Waals surface area contributed by atoms with Crippen LogP contribution in [0.2, 0.25) is 0 Å². The molecule has 0 spiro atoms. The van der Waals surface area contributed by atoms with E-state index < -0.39 is 17.7 Å². The van der Waals surface area contributed by atoms with Crippen LogP contribution in [0.25, 0.3) is 11.1 Å². The molecule has 9 rings (SSSR count). The van der Waals surface area contributed by atoms with E-state index in [4.69, 9.17) is 33.7 Å². The smallest absolute Gasteiger partial charge is 0.254 e. The highest BCUT2D eigenvalue weighted by Crippen LogP contribution is 2.62. The molecule has 1 amide bonds. The lowest BCUT2D eigenvalue weighted by Crippen LogP contribution is -2.70. The Morgan fingerprint density at radius 2 is 1.59 bits per heavy atom. The summed E-state index contributed by atoms with van der Waals surface area (Å²) in [6.45, 7) is 4.58. The zero-order valence-corrected chi connectivity index (χ0v) is 38.3. The molecule has 6 unspecified atom stereocenters. The Morgan fingerprint density at radius 1 is 0.868 bits per heavy atom. The van der Waals surface area contributed by atoms with Gasteiger partial charge in [0.25, 0.3) is 5.91 Å². The summed E-state index contributed by atoms with van der Waals surface area (Å²) in [6, 6.07) is 37.9. The van der Waals surface area contributed by atoms with Crippen molar-refractivity contribution >= 4 is 11.6 Å². The second-order valence-electron chi connectivity index (χ2n) is 17.8. The number of nitriles is 1. The van der Waals surface area contributed by atoms with Crippen molar-refractivity contribution in [2.75, 3.05) is 33.7 Å². The van der Waals surface area contributed by atoms with Crippen LogP contribution in [0.15, 0.2) is 145 Å². The molecule has 2 aliphatic carbocycles. The molecule has 350 valence electrons. The van der Waals surface area contributed by atoms with Crippen LogP contribution < -0.4 is 18.9 Å². The SMILES string of the molecule is C=CCOC12Oc3ccc(Oc4ccc(-c5ccccc5)cc4)cc3C3C(CCCCO)C(CCCCO)C=C(C(=NOC)CC1N(Cc1ccc4c(c1)OCO4)C(=O)c1ccc(C#N)cc1)C32. The standard InChI is InChI=1S/C56H57N3O9/c1-3-29-66-56-52(59(55(62)41-18-15-37(34-57)16-19-41)35-38-17-25-50-51(30-38)65-36-64-50)33-48(58-63-2)46-31-42(13-7-9-27-60)45(14-8-10-28-61)53(54(46)56)47-32-44(24-26-49(47)68-56)67-43-22-20-40(21-23-43)39-11-5-4-6-12-39/h3-6,11-12,15-26,30-32,42,45,52-54,60-61H,1,7-10,13-14,27-29,33,35-36H2,2H3. The molecule has 0 saturated heterocycles. The first-order chi connectivity index (χ1) is 33.4. The molecular weight excluding hydrogens is 859 g/mol. The number of carbonyl (C=O) groups is 1.